The fourth-order valence-electron chi connectivity index (χ4n) is 4.70. The number of amides is 4. The van der Waals surface area contributed by atoms with Crippen molar-refractivity contribution in [2.45, 2.75) is 38.8 Å². The number of carbonyl (C=O) groups is 3. The first-order valence-corrected chi connectivity index (χ1v) is 12.1. The van der Waals surface area contributed by atoms with Crippen LogP contribution in [0.5, 0.6) is 0 Å². The van der Waals surface area contributed by atoms with Crippen molar-refractivity contribution in [1.29, 1.82) is 0 Å². The molecule has 1 aromatic carbocycles. The number of nitrogens with zero attached hydrogens (tertiary/aromatic N) is 5. The number of nitrogens with two attached hydrogens (primary N) is 1. The number of nitrogens with one attached hydrogen (secondary N) is 1. The van der Waals surface area contributed by atoms with E-state index >= 15 is 0 Å². The van der Waals surface area contributed by atoms with Gasteiger partial charge in [-0.1, -0.05) is 6.92 Å². The molecule has 0 saturated carbocycles. The largest absolute Gasteiger partial charge is 0.384 e. The van der Waals surface area contributed by atoms with E-state index in [4.69, 9.17) is 5.73 Å². The van der Waals surface area contributed by atoms with Gasteiger partial charge in [0.25, 0.3) is 5.91 Å². The van der Waals surface area contributed by atoms with E-state index in [1.807, 2.05) is 0 Å². The number of hydrogen-bond acceptors (Lipinski definition) is 6. The predicted octanol–water partition coefficient (Wildman–Crippen LogP) is 2.88. The number of pyridine rings is 1. The first-order chi connectivity index (χ1) is 18.0. The third-order valence-electron chi connectivity index (χ3n) is 6.62. The van der Waals surface area contributed by atoms with Gasteiger partial charge >= 0.3 is 6.03 Å². The number of likely N-dealkylation sites (N-methyl/N-ethyl adjacent to an activating group) is 1. The van der Waals surface area contributed by atoms with Crippen molar-refractivity contribution in [3.05, 3.63) is 71.2 Å². The Kier molecular flexibility index (Phi) is 7.42. The number of halogens is 2. The Morgan fingerprint density at radius 2 is 1.97 bits per heavy atom. The molecule has 3 N–H and O–H groups in total. The number of β-lactam (4-membered cyclic amide) rings is 1. The molecule has 0 radical (unpaired) electrons. The van der Waals surface area contributed by atoms with Crippen molar-refractivity contribution in [2.75, 3.05) is 17.7 Å². The van der Waals surface area contributed by atoms with E-state index in [1.54, 1.807) is 39.2 Å². The van der Waals surface area contributed by atoms with Gasteiger partial charge in [0.05, 0.1) is 23.8 Å². The van der Waals surface area contributed by atoms with E-state index in [2.05, 4.69) is 15.4 Å². The first kappa shape index (κ1) is 26.7. The molecule has 1 aliphatic heterocycles. The molecule has 1 fully saturated rings. The van der Waals surface area contributed by atoms with E-state index in [1.165, 1.54) is 22.8 Å². The molecule has 1 aliphatic rings. The Labute approximate surface area is 218 Å². The SMILES string of the molecule is CC[C@@H](NC(=O)N1C(=O)[C@H](Cc2cc(C)nc(N)c2)[C@H]1C(=O)N(C)c1cnn(C)c1)c1cc(F)ccc1F. The maximum absolute atomic E-state index is 14.4. The van der Waals surface area contributed by atoms with Crippen LogP contribution >= 0.6 is 0 Å². The summed E-state index contributed by atoms with van der Waals surface area (Å²) in [6.07, 6.45) is 3.50. The highest BCUT2D eigenvalue weighted by Gasteiger charge is 2.55. The first-order valence-electron chi connectivity index (χ1n) is 12.1. The summed E-state index contributed by atoms with van der Waals surface area (Å²) in [5.74, 6) is -2.99. The second-order valence-electron chi connectivity index (χ2n) is 9.35. The fraction of sp³-hybridized carbons (Fsp3) is 0.346. The molecular formula is C26H29F2N7O3. The molecule has 12 heteroatoms. The van der Waals surface area contributed by atoms with Crippen molar-refractivity contribution < 1.29 is 23.2 Å². The molecule has 4 rings (SSSR count). The maximum atomic E-state index is 14.4. The number of rotatable bonds is 7. The number of carbonyl (C=O) groups excluding carboxylic acids is 3. The van der Waals surface area contributed by atoms with Crippen molar-refractivity contribution in [3.8, 4) is 0 Å². The molecule has 3 aromatic rings. The van der Waals surface area contributed by atoms with Gasteiger partial charge in [-0.2, -0.15) is 5.10 Å². The summed E-state index contributed by atoms with van der Waals surface area (Å²) in [4.78, 5) is 46.5. The molecule has 0 spiro atoms. The molecule has 10 nitrogen and oxygen atoms in total. The lowest BCUT2D eigenvalue weighted by molar-refractivity contribution is -0.156. The molecule has 1 saturated heterocycles. The smallest absolute Gasteiger partial charge is 0.325 e. The lowest BCUT2D eigenvalue weighted by Gasteiger charge is -2.46. The van der Waals surface area contributed by atoms with Crippen LogP contribution in [0, 0.1) is 24.5 Å². The van der Waals surface area contributed by atoms with Gasteiger partial charge in [0.15, 0.2) is 0 Å². The van der Waals surface area contributed by atoms with E-state index in [-0.39, 0.29) is 24.2 Å². The van der Waals surface area contributed by atoms with Gasteiger partial charge in [-0.3, -0.25) is 19.2 Å². The summed E-state index contributed by atoms with van der Waals surface area (Å²) in [7, 11) is 3.23. The molecule has 4 amide bonds. The number of likely N-dealkylation sites (tertiary alicyclic amines) is 1. The molecule has 0 aliphatic carbocycles. The van der Waals surface area contributed by atoms with Crippen LogP contribution in [0.3, 0.4) is 0 Å². The minimum absolute atomic E-state index is 0.0523. The van der Waals surface area contributed by atoms with Crippen LogP contribution in [0.4, 0.5) is 25.1 Å². The summed E-state index contributed by atoms with van der Waals surface area (Å²) >= 11 is 0. The number of benzene rings is 1. The summed E-state index contributed by atoms with van der Waals surface area (Å²) in [5.41, 5.74) is 7.64. The fourth-order valence-corrected chi connectivity index (χ4v) is 4.70. The molecular weight excluding hydrogens is 496 g/mol. The quantitative estimate of drug-likeness (QED) is 0.457. The maximum Gasteiger partial charge on any atom is 0.325 e. The van der Waals surface area contributed by atoms with E-state index in [0.29, 0.717) is 16.9 Å². The zero-order valence-corrected chi connectivity index (χ0v) is 21.5. The number of imide groups is 1. The second-order valence-corrected chi connectivity index (χ2v) is 9.35. The Morgan fingerprint density at radius 3 is 2.61 bits per heavy atom. The lowest BCUT2D eigenvalue weighted by Crippen LogP contribution is -2.70. The van der Waals surface area contributed by atoms with Gasteiger partial charge in [0.1, 0.15) is 23.5 Å². The minimum Gasteiger partial charge on any atom is -0.384 e. The predicted molar refractivity (Wildman–Crippen MR) is 136 cm³/mol. The highest BCUT2D eigenvalue weighted by molar-refractivity contribution is 6.12. The van der Waals surface area contributed by atoms with Crippen LogP contribution in [0.15, 0.2) is 42.7 Å². The molecule has 0 unspecified atom stereocenters. The Hall–Kier alpha value is -4.35. The van der Waals surface area contributed by atoms with E-state index in [9.17, 15) is 23.2 Å². The Balaban J connectivity index is 1.63. The molecule has 3 atom stereocenters. The van der Waals surface area contributed by atoms with Crippen molar-refractivity contribution in [1.82, 2.24) is 25.0 Å². The standard InChI is InChI=1S/C26H29F2N7O3/c1-5-21(18-11-16(27)6-7-20(18)28)32-26(38)35-23(25(37)34(4)17-12-30-33(3)13-17)19(24(35)36)9-15-8-14(2)31-22(29)10-15/h6-8,10-13,19,21,23H,5,9H2,1-4H3,(H2,29,31)(H,32,38)/t19-,21-,23+/m1/s1. The molecule has 3 heterocycles. The average Bonchev–Trinajstić information content (AvgIpc) is 3.30. The van der Waals surface area contributed by atoms with Gasteiger partial charge in [-0.15, -0.1) is 0 Å². The van der Waals surface area contributed by atoms with Crippen LogP contribution in [-0.2, 0) is 23.1 Å². The van der Waals surface area contributed by atoms with Gasteiger partial charge in [0, 0.05) is 31.5 Å². The van der Waals surface area contributed by atoms with Gasteiger partial charge in [-0.25, -0.2) is 18.6 Å². The minimum atomic E-state index is -1.14. The summed E-state index contributed by atoms with van der Waals surface area (Å²) in [6, 6.07) is 3.41. The molecule has 2 aromatic heterocycles. The number of aryl methyl sites for hydroxylation is 2. The Morgan fingerprint density at radius 1 is 1.24 bits per heavy atom. The number of urea groups is 1. The normalized spacial score (nSPS) is 17.6. The monoisotopic (exact) mass is 525 g/mol. The zero-order chi connectivity index (χ0) is 27.7. The average molecular weight is 526 g/mol. The summed E-state index contributed by atoms with van der Waals surface area (Å²) < 4.78 is 29.7. The van der Waals surface area contributed by atoms with E-state index in [0.717, 1.165) is 23.1 Å². The third-order valence-corrected chi connectivity index (χ3v) is 6.62. The molecule has 38 heavy (non-hydrogen) atoms. The highest BCUT2D eigenvalue weighted by Crippen LogP contribution is 2.34. The van der Waals surface area contributed by atoms with Crippen LogP contribution in [0.1, 0.15) is 36.2 Å². The molecule has 200 valence electrons. The van der Waals surface area contributed by atoms with Gasteiger partial charge in [0.2, 0.25) is 5.91 Å². The number of anilines is 2. The number of hydrogen-bond donors (Lipinski definition) is 2. The van der Waals surface area contributed by atoms with Crippen LogP contribution < -0.4 is 16.0 Å². The highest BCUT2D eigenvalue weighted by atomic mass is 19.1. The van der Waals surface area contributed by atoms with Crippen LogP contribution in [0.2, 0.25) is 0 Å². The zero-order valence-electron chi connectivity index (χ0n) is 21.5. The molecule has 0 bridgehead atoms. The number of aromatic nitrogens is 3. The van der Waals surface area contributed by atoms with E-state index < -0.39 is 47.5 Å². The third kappa shape index (κ3) is 5.20. The van der Waals surface area contributed by atoms with Gasteiger partial charge < -0.3 is 16.0 Å². The topological polar surface area (TPSA) is 126 Å². The Bertz CT molecular complexity index is 1370. The van der Waals surface area contributed by atoms with Crippen LogP contribution in [0.25, 0.3) is 0 Å². The van der Waals surface area contributed by atoms with Crippen molar-refractivity contribution in [2.24, 2.45) is 13.0 Å². The summed E-state index contributed by atoms with van der Waals surface area (Å²) in [6.45, 7) is 3.45. The van der Waals surface area contributed by atoms with Crippen molar-refractivity contribution in [3.63, 3.8) is 0 Å². The second kappa shape index (κ2) is 10.6. The van der Waals surface area contributed by atoms with Gasteiger partial charge in [-0.05, 0) is 55.7 Å². The van der Waals surface area contributed by atoms with Crippen molar-refractivity contribution >= 4 is 29.4 Å². The van der Waals surface area contributed by atoms with Crippen LogP contribution in [-0.4, -0.2) is 50.6 Å². The summed E-state index contributed by atoms with van der Waals surface area (Å²) in [5, 5.41) is 6.67. The lowest BCUT2D eigenvalue weighted by atomic mass is 9.81. The number of nitrogen functional groups attached to an aromatic ring is 1.